The van der Waals surface area contributed by atoms with E-state index in [1.165, 1.54) is 0 Å². The van der Waals surface area contributed by atoms with Crippen molar-refractivity contribution in [1.29, 1.82) is 0 Å². The van der Waals surface area contributed by atoms with Crippen molar-refractivity contribution in [2.75, 3.05) is 6.54 Å². The van der Waals surface area contributed by atoms with Gasteiger partial charge in [-0.1, -0.05) is 0 Å². The normalized spacial score (nSPS) is 12.0. The summed E-state index contributed by atoms with van der Waals surface area (Å²) in [7, 11) is 0. The first kappa shape index (κ1) is 17.7. The van der Waals surface area contributed by atoms with E-state index in [0.29, 0.717) is 5.78 Å². The predicted octanol–water partition coefficient (Wildman–Crippen LogP) is 1.76. The molecule has 2 heterocycles. The molecule has 0 fully saturated rings. The highest BCUT2D eigenvalue weighted by Gasteiger charge is 2.25. The van der Waals surface area contributed by atoms with E-state index in [1.54, 1.807) is 63.7 Å². The summed E-state index contributed by atoms with van der Waals surface area (Å²) in [5.41, 5.74) is -0.975. The standard InChI is InChI=1S/C16H23N5O3/c1-15(2,3)24-14(23)18-10-16(4,5)20-12(22)11-9-21-8-6-7-17-13(21)19-11/h6-9H,10H2,1-5H3,(H,18,23)(H,20,22). The van der Waals surface area contributed by atoms with Gasteiger partial charge >= 0.3 is 6.09 Å². The third-order valence-corrected chi connectivity index (χ3v) is 2.99. The van der Waals surface area contributed by atoms with Crippen LogP contribution < -0.4 is 10.6 Å². The van der Waals surface area contributed by atoms with Crippen LogP contribution in [-0.4, -0.2) is 44.1 Å². The number of fused-ring (bicyclic) bond motifs is 1. The lowest BCUT2D eigenvalue weighted by atomic mass is 10.1. The van der Waals surface area contributed by atoms with Gasteiger partial charge in [0.05, 0.1) is 5.54 Å². The highest BCUT2D eigenvalue weighted by Crippen LogP contribution is 2.08. The van der Waals surface area contributed by atoms with Gasteiger partial charge in [0.15, 0.2) is 0 Å². The van der Waals surface area contributed by atoms with Gasteiger partial charge in [0.2, 0.25) is 5.78 Å². The van der Waals surface area contributed by atoms with Gasteiger partial charge in [0.1, 0.15) is 11.3 Å². The molecule has 0 aliphatic rings. The monoisotopic (exact) mass is 333 g/mol. The SMILES string of the molecule is CC(C)(CNC(=O)OC(C)(C)C)NC(=O)c1cn2cccnc2n1. The van der Waals surface area contributed by atoms with E-state index >= 15 is 0 Å². The number of aromatic nitrogens is 3. The van der Waals surface area contributed by atoms with Gasteiger partial charge in [-0.05, 0) is 40.7 Å². The Labute approximate surface area is 140 Å². The summed E-state index contributed by atoms with van der Waals surface area (Å²) in [6.07, 6.45) is 4.46. The quantitative estimate of drug-likeness (QED) is 0.888. The van der Waals surface area contributed by atoms with E-state index in [9.17, 15) is 9.59 Å². The van der Waals surface area contributed by atoms with Crippen LogP contribution in [0, 0.1) is 0 Å². The molecular weight excluding hydrogens is 310 g/mol. The largest absolute Gasteiger partial charge is 0.444 e. The summed E-state index contributed by atoms with van der Waals surface area (Å²) in [6.45, 7) is 9.19. The number of hydrogen-bond donors (Lipinski definition) is 2. The van der Waals surface area contributed by atoms with Gasteiger partial charge in [-0.2, -0.15) is 0 Å². The highest BCUT2D eigenvalue weighted by atomic mass is 16.6. The number of nitrogens with one attached hydrogen (secondary N) is 2. The van der Waals surface area contributed by atoms with Gasteiger partial charge in [0.25, 0.3) is 5.91 Å². The Morgan fingerprint density at radius 1 is 1.25 bits per heavy atom. The summed E-state index contributed by atoms with van der Waals surface area (Å²) in [5, 5.41) is 5.49. The first-order valence-electron chi connectivity index (χ1n) is 7.65. The Morgan fingerprint density at radius 3 is 2.58 bits per heavy atom. The van der Waals surface area contributed by atoms with Crippen molar-refractivity contribution in [1.82, 2.24) is 25.0 Å². The van der Waals surface area contributed by atoms with Gasteiger partial charge < -0.3 is 15.4 Å². The Balaban J connectivity index is 1.95. The second kappa shape index (κ2) is 6.46. The van der Waals surface area contributed by atoms with Crippen LogP contribution in [0.3, 0.4) is 0 Å². The van der Waals surface area contributed by atoms with Crippen molar-refractivity contribution in [3.63, 3.8) is 0 Å². The zero-order valence-corrected chi connectivity index (χ0v) is 14.6. The van der Waals surface area contributed by atoms with E-state index in [-0.39, 0.29) is 18.1 Å². The minimum absolute atomic E-state index is 0.222. The first-order chi connectivity index (χ1) is 11.1. The smallest absolute Gasteiger partial charge is 0.407 e. The van der Waals surface area contributed by atoms with Crippen LogP contribution in [0.1, 0.15) is 45.1 Å². The Bertz CT molecular complexity index is 712. The van der Waals surface area contributed by atoms with Crippen LogP contribution in [0.15, 0.2) is 24.7 Å². The molecule has 24 heavy (non-hydrogen) atoms. The number of nitrogens with zero attached hydrogens (tertiary/aromatic N) is 3. The lowest BCUT2D eigenvalue weighted by Crippen LogP contribution is -2.52. The first-order valence-corrected chi connectivity index (χ1v) is 7.65. The minimum atomic E-state index is -0.669. The second-order valence-electron chi connectivity index (χ2n) is 7.15. The molecule has 0 saturated heterocycles. The number of alkyl carbamates (subject to hydrolysis) is 1. The molecule has 2 aromatic rings. The number of carbonyl (C=O) groups excluding carboxylic acids is 2. The molecule has 8 nitrogen and oxygen atoms in total. The molecule has 0 spiro atoms. The van der Waals surface area contributed by atoms with Gasteiger partial charge in [0, 0.05) is 25.1 Å². The maximum Gasteiger partial charge on any atom is 0.407 e. The van der Waals surface area contributed by atoms with Crippen molar-refractivity contribution < 1.29 is 14.3 Å². The second-order valence-corrected chi connectivity index (χ2v) is 7.15. The van der Waals surface area contributed by atoms with Crippen LogP contribution in [0.2, 0.25) is 0 Å². The van der Waals surface area contributed by atoms with Crippen LogP contribution in [0.5, 0.6) is 0 Å². The molecule has 2 N–H and O–H groups in total. The van der Waals surface area contributed by atoms with Crippen molar-refractivity contribution >= 4 is 17.8 Å². The number of ether oxygens (including phenoxy) is 1. The van der Waals surface area contributed by atoms with Crippen LogP contribution >= 0.6 is 0 Å². The molecule has 0 radical (unpaired) electrons. The molecule has 2 rings (SSSR count). The van der Waals surface area contributed by atoms with Gasteiger partial charge in [-0.25, -0.2) is 14.8 Å². The molecule has 0 aliphatic heterocycles. The van der Waals surface area contributed by atoms with E-state index in [4.69, 9.17) is 4.74 Å². The fourth-order valence-electron chi connectivity index (χ4n) is 1.96. The molecule has 0 bridgehead atoms. The third kappa shape index (κ3) is 4.94. The zero-order chi connectivity index (χ0) is 18.0. The molecular formula is C16H23N5O3. The third-order valence-electron chi connectivity index (χ3n) is 2.99. The van der Waals surface area contributed by atoms with Crippen molar-refractivity contribution in [3.8, 4) is 0 Å². The summed E-state index contributed by atoms with van der Waals surface area (Å²) >= 11 is 0. The van der Waals surface area contributed by atoms with Crippen molar-refractivity contribution in [3.05, 3.63) is 30.4 Å². The predicted molar refractivity (Wildman–Crippen MR) is 88.8 cm³/mol. The zero-order valence-electron chi connectivity index (χ0n) is 14.6. The van der Waals surface area contributed by atoms with E-state index in [1.807, 2.05) is 0 Å². The van der Waals surface area contributed by atoms with Gasteiger partial charge in [-0.15, -0.1) is 0 Å². The number of carbonyl (C=O) groups is 2. The molecule has 8 heteroatoms. The van der Waals surface area contributed by atoms with Crippen LogP contribution in [0.4, 0.5) is 4.79 Å². The Morgan fingerprint density at radius 2 is 1.96 bits per heavy atom. The average Bonchev–Trinajstić information content (AvgIpc) is 2.87. The van der Waals surface area contributed by atoms with Crippen molar-refractivity contribution in [2.45, 2.75) is 45.8 Å². The van der Waals surface area contributed by atoms with Gasteiger partial charge in [-0.3, -0.25) is 9.20 Å². The molecule has 0 aliphatic carbocycles. The van der Waals surface area contributed by atoms with Crippen LogP contribution in [0.25, 0.3) is 5.78 Å². The maximum atomic E-state index is 12.3. The summed E-state index contributed by atoms with van der Waals surface area (Å²) < 4.78 is 6.84. The number of amides is 2. The summed E-state index contributed by atoms with van der Waals surface area (Å²) in [5.74, 6) is 0.115. The lowest BCUT2D eigenvalue weighted by molar-refractivity contribution is 0.0509. The summed E-state index contributed by atoms with van der Waals surface area (Å²) in [4.78, 5) is 32.3. The fourth-order valence-corrected chi connectivity index (χ4v) is 1.96. The van der Waals surface area contributed by atoms with Crippen molar-refractivity contribution in [2.24, 2.45) is 0 Å². The lowest BCUT2D eigenvalue weighted by Gasteiger charge is -2.27. The fraction of sp³-hybridized carbons (Fsp3) is 0.500. The number of hydrogen-bond acceptors (Lipinski definition) is 5. The maximum absolute atomic E-state index is 12.3. The molecule has 0 unspecified atom stereocenters. The topological polar surface area (TPSA) is 97.6 Å². The van der Waals surface area contributed by atoms with E-state index < -0.39 is 17.2 Å². The molecule has 2 aromatic heterocycles. The summed E-state index contributed by atoms with van der Waals surface area (Å²) in [6, 6.07) is 1.76. The number of rotatable bonds is 4. The minimum Gasteiger partial charge on any atom is -0.444 e. The van der Waals surface area contributed by atoms with Crippen LogP contribution in [-0.2, 0) is 4.74 Å². The Hall–Kier alpha value is -2.64. The molecule has 0 saturated carbocycles. The molecule has 0 aromatic carbocycles. The Kier molecular flexibility index (Phi) is 4.77. The highest BCUT2D eigenvalue weighted by molar-refractivity contribution is 5.93. The molecule has 2 amide bonds. The number of imidazole rings is 1. The molecule has 0 atom stereocenters. The van der Waals surface area contributed by atoms with E-state index in [2.05, 4.69) is 20.6 Å². The van der Waals surface area contributed by atoms with E-state index in [0.717, 1.165) is 0 Å². The average molecular weight is 333 g/mol. The molecule has 130 valence electrons.